The van der Waals surface area contributed by atoms with Crippen LogP contribution in [0.15, 0.2) is 0 Å². The van der Waals surface area contributed by atoms with Crippen LogP contribution in [0.1, 0.15) is 20.8 Å². The quantitative estimate of drug-likeness (QED) is 0.532. The van der Waals surface area contributed by atoms with Gasteiger partial charge in [-0.2, -0.15) is 0 Å². The van der Waals surface area contributed by atoms with Crippen molar-refractivity contribution in [2.45, 2.75) is 45.4 Å². The maximum atomic E-state index is 12.8. The Morgan fingerprint density at radius 3 is 1.84 bits per heavy atom. The van der Waals surface area contributed by atoms with Gasteiger partial charge in [0.05, 0.1) is 0 Å². The predicted molar refractivity (Wildman–Crippen MR) is 57.5 cm³/mol. The van der Waals surface area contributed by atoms with Gasteiger partial charge in [-0.3, -0.25) is 14.4 Å². The van der Waals surface area contributed by atoms with Crippen molar-refractivity contribution in [1.29, 1.82) is 0 Å². The van der Waals surface area contributed by atoms with Crippen LogP contribution in [-0.2, 0) is 33.3 Å². The van der Waals surface area contributed by atoms with Crippen molar-refractivity contribution in [3.05, 3.63) is 0 Å². The summed E-state index contributed by atoms with van der Waals surface area (Å²) < 4.78 is 32.4. The van der Waals surface area contributed by atoms with E-state index in [2.05, 4.69) is 0 Å². The Labute approximate surface area is 108 Å². The average Bonchev–Trinajstić information content (AvgIpc) is 2.55. The average molecular weight is 278 g/mol. The van der Waals surface area contributed by atoms with Crippen LogP contribution < -0.4 is 0 Å². The molecule has 19 heavy (non-hydrogen) atoms. The first kappa shape index (κ1) is 15.4. The van der Waals surface area contributed by atoms with E-state index in [9.17, 15) is 18.8 Å². The number of alkyl halides is 1. The third kappa shape index (κ3) is 4.16. The summed E-state index contributed by atoms with van der Waals surface area (Å²) in [6.07, 6.45) is -4.80. The number of rotatable bonds is 4. The van der Waals surface area contributed by atoms with Crippen LogP contribution in [0.2, 0.25) is 0 Å². The SMILES string of the molecule is CC(=O)O[C@H]1O[C@H](CF)[C@H](OC(C)=O)[C@H]1OC(C)=O. The molecule has 1 fully saturated rings. The molecule has 1 aliphatic heterocycles. The van der Waals surface area contributed by atoms with Crippen LogP contribution in [0.4, 0.5) is 4.39 Å². The van der Waals surface area contributed by atoms with Crippen molar-refractivity contribution in [2.24, 2.45) is 0 Å². The highest BCUT2D eigenvalue weighted by Gasteiger charge is 2.51. The Balaban J connectivity index is 2.90. The lowest BCUT2D eigenvalue weighted by molar-refractivity contribution is -0.195. The molecule has 1 aliphatic rings. The Morgan fingerprint density at radius 2 is 1.42 bits per heavy atom. The molecule has 0 aromatic carbocycles. The van der Waals surface area contributed by atoms with Gasteiger partial charge in [0, 0.05) is 20.8 Å². The van der Waals surface area contributed by atoms with Crippen molar-refractivity contribution in [3.8, 4) is 0 Å². The Hall–Kier alpha value is -1.70. The maximum Gasteiger partial charge on any atom is 0.305 e. The summed E-state index contributed by atoms with van der Waals surface area (Å²) in [4.78, 5) is 32.9. The second-order valence-electron chi connectivity index (χ2n) is 3.95. The number of carbonyl (C=O) groups excluding carboxylic acids is 3. The molecule has 0 N–H and O–H groups in total. The van der Waals surface area contributed by atoms with Gasteiger partial charge in [0.1, 0.15) is 12.8 Å². The Bertz CT molecular complexity index is 370. The molecule has 0 radical (unpaired) electrons. The van der Waals surface area contributed by atoms with Gasteiger partial charge in [-0.25, -0.2) is 4.39 Å². The standard InChI is InChI=1S/C11H15FO7/c1-5(13)16-9-8(4-12)19-11(18-7(3)15)10(9)17-6(2)14/h8-11H,4H2,1-3H3/t8-,9+,10-,11+/m1/s1. The van der Waals surface area contributed by atoms with Gasteiger partial charge in [-0.05, 0) is 0 Å². The zero-order valence-electron chi connectivity index (χ0n) is 10.8. The molecule has 7 nitrogen and oxygen atoms in total. The predicted octanol–water partition coefficient (Wildman–Crippen LogP) is 0.107. The van der Waals surface area contributed by atoms with Gasteiger partial charge >= 0.3 is 17.9 Å². The maximum absolute atomic E-state index is 12.8. The number of hydrogen-bond donors (Lipinski definition) is 0. The van der Waals surface area contributed by atoms with Crippen molar-refractivity contribution < 1.29 is 37.7 Å². The second kappa shape index (κ2) is 6.46. The lowest BCUT2D eigenvalue weighted by Gasteiger charge is -2.22. The normalized spacial score (nSPS) is 29.7. The van der Waals surface area contributed by atoms with E-state index in [1.165, 1.54) is 0 Å². The third-order valence-electron chi connectivity index (χ3n) is 2.31. The topological polar surface area (TPSA) is 88.1 Å². The minimum atomic E-state index is -1.30. The number of esters is 3. The van der Waals surface area contributed by atoms with Crippen LogP contribution >= 0.6 is 0 Å². The number of hydrogen-bond acceptors (Lipinski definition) is 7. The summed E-state index contributed by atoms with van der Waals surface area (Å²) in [6, 6.07) is 0. The van der Waals surface area contributed by atoms with E-state index in [1.54, 1.807) is 0 Å². The second-order valence-corrected chi connectivity index (χ2v) is 3.95. The largest absolute Gasteiger partial charge is 0.455 e. The zero-order chi connectivity index (χ0) is 14.6. The first-order valence-electron chi connectivity index (χ1n) is 5.58. The van der Waals surface area contributed by atoms with Crippen molar-refractivity contribution in [1.82, 2.24) is 0 Å². The fourth-order valence-electron chi connectivity index (χ4n) is 1.73. The minimum Gasteiger partial charge on any atom is -0.455 e. The molecule has 8 heteroatoms. The molecular weight excluding hydrogens is 263 g/mol. The summed E-state index contributed by atoms with van der Waals surface area (Å²) in [5.74, 6) is -2.07. The molecule has 0 aromatic rings. The minimum absolute atomic E-state index is 0.687. The molecule has 0 aliphatic carbocycles. The third-order valence-corrected chi connectivity index (χ3v) is 2.31. The van der Waals surface area contributed by atoms with E-state index in [0.29, 0.717) is 0 Å². The lowest BCUT2D eigenvalue weighted by Crippen LogP contribution is -2.41. The van der Waals surface area contributed by atoms with Crippen LogP contribution in [0.5, 0.6) is 0 Å². The van der Waals surface area contributed by atoms with E-state index in [4.69, 9.17) is 18.9 Å². The molecule has 1 saturated heterocycles. The molecule has 0 spiro atoms. The van der Waals surface area contributed by atoms with Crippen LogP contribution in [0.25, 0.3) is 0 Å². The Morgan fingerprint density at radius 1 is 0.947 bits per heavy atom. The number of halogens is 1. The molecule has 0 bridgehead atoms. The van der Waals surface area contributed by atoms with Gasteiger partial charge in [0.15, 0.2) is 6.10 Å². The van der Waals surface area contributed by atoms with Gasteiger partial charge < -0.3 is 18.9 Å². The fourth-order valence-corrected chi connectivity index (χ4v) is 1.73. The van der Waals surface area contributed by atoms with Crippen LogP contribution in [-0.4, -0.2) is 49.2 Å². The number of ether oxygens (including phenoxy) is 4. The highest BCUT2D eigenvalue weighted by atomic mass is 19.1. The first-order chi connectivity index (χ1) is 8.85. The van der Waals surface area contributed by atoms with Crippen LogP contribution in [0.3, 0.4) is 0 Å². The fraction of sp³-hybridized carbons (Fsp3) is 0.727. The van der Waals surface area contributed by atoms with Crippen molar-refractivity contribution >= 4 is 17.9 Å². The lowest BCUT2D eigenvalue weighted by atomic mass is 10.1. The first-order valence-corrected chi connectivity index (χ1v) is 5.58. The van der Waals surface area contributed by atoms with Crippen molar-refractivity contribution in [3.63, 3.8) is 0 Å². The zero-order valence-corrected chi connectivity index (χ0v) is 10.8. The van der Waals surface area contributed by atoms with E-state index >= 15 is 0 Å². The summed E-state index contributed by atoms with van der Waals surface area (Å²) in [5, 5.41) is 0. The van der Waals surface area contributed by atoms with Gasteiger partial charge in [-0.15, -0.1) is 0 Å². The van der Waals surface area contributed by atoms with Gasteiger partial charge in [0.2, 0.25) is 12.4 Å². The molecule has 1 heterocycles. The molecule has 0 amide bonds. The van der Waals surface area contributed by atoms with Crippen LogP contribution in [0, 0.1) is 0 Å². The monoisotopic (exact) mass is 278 g/mol. The summed E-state index contributed by atoms with van der Waals surface area (Å²) in [5.41, 5.74) is 0. The summed E-state index contributed by atoms with van der Waals surface area (Å²) in [6.45, 7) is 2.39. The highest BCUT2D eigenvalue weighted by molar-refractivity contribution is 5.68. The molecule has 0 saturated carbocycles. The summed E-state index contributed by atoms with van der Waals surface area (Å²) >= 11 is 0. The molecule has 1 rings (SSSR count). The van der Waals surface area contributed by atoms with E-state index in [0.717, 1.165) is 20.8 Å². The number of carbonyl (C=O) groups is 3. The Kier molecular flexibility index (Phi) is 5.22. The van der Waals surface area contributed by atoms with E-state index < -0.39 is 49.2 Å². The van der Waals surface area contributed by atoms with E-state index in [-0.39, 0.29) is 0 Å². The molecule has 0 unspecified atom stereocenters. The molecule has 0 aromatic heterocycles. The van der Waals surface area contributed by atoms with Gasteiger partial charge in [0.25, 0.3) is 0 Å². The van der Waals surface area contributed by atoms with E-state index in [1.807, 2.05) is 0 Å². The summed E-state index contributed by atoms with van der Waals surface area (Å²) in [7, 11) is 0. The molecule has 108 valence electrons. The molecular formula is C11H15FO7. The highest BCUT2D eigenvalue weighted by Crippen LogP contribution is 2.28. The smallest absolute Gasteiger partial charge is 0.305 e. The molecule has 4 atom stereocenters. The van der Waals surface area contributed by atoms with Crippen molar-refractivity contribution in [2.75, 3.05) is 6.67 Å². The van der Waals surface area contributed by atoms with Gasteiger partial charge in [-0.1, -0.05) is 0 Å².